The first-order valence-corrected chi connectivity index (χ1v) is 9.08. The topological polar surface area (TPSA) is 70.6 Å². The number of rotatable bonds is 5. The van der Waals surface area contributed by atoms with E-state index in [0.29, 0.717) is 5.92 Å². The van der Waals surface area contributed by atoms with Crippen LogP contribution in [0.25, 0.3) is 11.5 Å². The first kappa shape index (κ1) is 15.4. The van der Waals surface area contributed by atoms with Crippen LogP contribution in [0.5, 0.6) is 0 Å². The van der Waals surface area contributed by atoms with Crippen LogP contribution in [0.2, 0.25) is 0 Å². The molecule has 0 spiro atoms. The number of nitrogens with one attached hydrogen (secondary N) is 1. The van der Waals surface area contributed by atoms with Gasteiger partial charge in [0, 0.05) is 36.6 Å². The molecule has 4 rings (SSSR count). The SMILES string of the molecule is Cc1ncsc1CN1CC[C@@H](Cc2cnc(-c3ncc[nH]3)cn2)C1. The molecule has 1 aliphatic rings. The van der Waals surface area contributed by atoms with Crippen molar-refractivity contribution < 1.29 is 0 Å². The Labute approximate surface area is 145 Å². The zero-order valence-electron chi connectivity index (χ0n) is 13.6. The Kier molecular flexibility index (Phi) is 4.36. The summed E-state index contributed by atoms with van der Waals surface area (Å²) in [5.41, 5.74) is 4.96. The molecule has 0 aromatic carbocycles. The first-order valence-electron chi connectivity index (χ1n) is 8.20. The van der Waals surface area contributed by atoms with Crippen LogP contribution in [0, 0.1) is 12.8 Å². The Hall–Kier alpha value is -2.12. The number of hydrogen-bond acceptors (Lipinski definition) is 6. The van der Waals surface area contributed by atoms with Gasteiger partial charge in [-0.3, -0.25) is 9.88 Å². The fraction of sp³-hybridized carbons (Fsp3) is 0.412. The minimum Gasteiger partial charge on any atom is -0.343 e. The summed E-state index contributed by atoms with van der Waals surface area (Å²) in [6.45, 7) is 5.39. The van der Waals surface area contributed by atoms with Gasteiger partial charge in [0.2, 0.25) is 0 Å². The summed E-state index contributed by atoms with van der Waals surface area (Å²) in [6, 6.07) is 0. The number of nitrogens with zero attached hydrogens (tertiary/aromatic N) is 5. The molecule has 1 saturated heterocycles. The third-order valence-electron chi connectivity index (χ3n) is 4.53. The van der Waals surface area contributed by atoms with Crippen molar-refractivity contribution in [3.8, 4) is 11.5 Å². The van der Waals surface area contributed by atoms with Crippen LogP contribution in [0.3, 0.4) is 0 Å². The largest absolute Gasteiger partial charge is 0.343 e. The molecule has 1 atom stereocenters. The van der Waals surface area contributed by atoms with Crippen LogP contribution in [0.1, 0.15) is 22.7 Å². The molecule has 124 valence electrons. The summed E-state index contributed by atoms with van der Waals surface area (Å²) in [5.74, 6) is 1.42. The monoisotopic (exact) mass is 340 g/mol. The Morgan fingerprint density at radius 1 is 1.25 bits per heavy atom. The van der Waals surface area contributed by atoms with Gasteiger partial charge in [0.25, 0.3) is 0 Å². The molecule has 1 fully saturated rings. The van der Waals surface area contributed by atoms with Crippen LogP contribution < -0.4 is 0 Å². The second-order valence-electron chi connectivity index (χ2n) is 6.29. The van der Waals surface area contributed by atoms with E-state index in [1.807, 2.05) is 17.9 Å². The van der Waals surface area contributed by atoms with Gasteiger partial charge in [-0.25, -0.2) is 15.0 Å². The van der Waals surface area contributed by atoms with Crippen molar-refractivity contribution in [2.45, 2.75) is 26.3 Å². The highest BCUT2D eigenvalue weighted by Crippen LogP contribution is 2.24. The number of hydrogen-bond donors (Lipinski definition) is 1. The van der Waals surface area contributed by atoms with Gasteiger partial charge in [0.1, 0.15) is 5.69 Å². The van der Waals surface area contributed by atoms with Gasteiger partial charge < -0.3 is 4.98 Å². The lowest BCUT2D eigenvalue weighted by molar-refractivity contribution is 0.318. The molecular weight excluding hydrogens is 320 g/mol. The van der Waals surface area contributed by atoms with Crippen LogP contribution in [-0.4, -0.2) is 42.9 Å². The second-order valence-corrected chi connectivity index (χ2v) is 7.22. The molecule has 0 aliphatic carbocycles. The van der Waals surface area contributed by atoms with E-state index in [1.54, 1.807) is 23.7 Å². The highest BCUT2D eigenvalue weighted by atomic mass is 32.1. The molecule has 7 heteroatoms. The Morgan fingerprint density at radius 3 is 2.92 bits per heavy atom. The van der Waals surface area contributed by atoms with Gasteiger partial charge in [0.05, 0.1) is 23.1 Å². The first-order chi connectivity index (χ1) is 11.8. The molecule has 3 aromatic rings. The highest BCUT2D eigenvalue weighted by molar-refractivity contribution is 7.09. The van der Waals surface area contributed by atoms with E-state index in [1.165, 1.54) is 17.0 Å². The van der Waals surface area contributed by atoms with Crippen LogP contribution in [0.4, 0.5) is 0 Å². The summed E-state index contributed by atoms with van der Waals surface area (Å²) in [4.78, 5) is 24.5. The van der Waals surface area contributed by atoms with Crippen molar-refractivity contribution >= 4 is 11.3 Å². The highest BCUT2D eigenvalue weighted by Gasteiger charge is 2.24. The van der Waals surface area contributed by atoms with Gasteiger partial charge >= 0.3 is 0 Å². The lowest BCUT2D eigenvalue weighted by atomic mass is 10.0. The summed E-state index contributed by atoms with van der Waals surface area (Å²) in [5, 5.41) is 0. The molecule has 0 saturated carbocycles. The number of likely N-dealkylation sites (tertiary alicyclic amines) is 1. The Morgan fingerprint density at radius 2 is 2.21 bits per heavy atom. The summed E-state index contributed by atoms with van der Waals surface area (Å²) in [7, 11) is 0. The molecule has 3 aromatic heterocycles. The maximum Gasteiger partial charge on any atom is 0.157 e. The average molecular weight is 340 g/mol. The normalized spacial score (nSPS) is 18.3. The molecule has 0 radical (unpaired) electrons. The van der Waals surface area contributed by atoms with Gasteiger partial charge in [0.15, 0.2) is 5.82 Å². The second kappa shape index (κ2) is 6.78. The van der Waals surface area contributed by atoms with Crippen molar-refractivity contribution in [3.63, 3.8) is 0 Å². The van der Waals surface area contributed by atoms with Crippen molar-refractivity contribution in [3.05, 3.63) is 46.6 Å². The molecule has 1 N–H and O–H groups in total. The van der Waals surface area contributed by atoms with Crippen molar-refractivity contribution in [1.82, 2.24) is 29.8 Å². The summed E-state index contributed by atoms with van der Waals surface area (Å²) >= 11 is 1.76. The number of aromatic nitrogens is 5. The fourth-order valence-electron chi connectivity index (χ4n) is 3.19. The Balaban J connectivity index is 1.34. The smallest absolute Gasteiger partial charge is 0.157 e. The quantitative estimate of drug-likeness (QED) is 0.773. The minimum absolute atomic E-state index is 0.655. The molecule has 0 unspecified atom stereocenters. The molecular formula is C17H20N6S. The lowest BCUT2D eigenvalue weighted by Crippen LogP contribution is -2.20. The third kappa shape index (κ3) is 3.37. The van der Waals surface area contributed by atoms with Gasteiger partial charge in [-0.1, -0.05) is 0 Å². The predicted molar refractivity (Wildman–Crippen MR) is 93.6 cm³/mol. The number of aromatic amines is 1. The van der Waals surface area contributed by atoms with Gasteiger partial charge in [-0.2, -0.15) is 0 Å². The standard InChI is InChI=1S/C17H20N6S/c1-12-16(24-11-22-12)10-23-5-2-13(9-23)6-14-7-21-15(8-20-14)17-18-3-4-19-17/h3-4,7-8,11,13H,2,5-6,9-10H2,1H3,(H,18,19)/t13-/m0/s1. The molecule has 0 bridgehead atoms. The van der Waals surface area contributed by atoms with Crippen molar-refractivity contribution in [2.24, 2.45) is 5.92 Å². The molecule has 6 nitrogen and oxygen atoms in total. The number of thiazole rings is 1. The maximum atomic E-state index is 4.56. The minimum atomic E-state index is 0.655. The number of H-pyrrole nitrogens is 1. The lowest BCUT2D eigenvalue weighted by Gasteiger charge is -2.15. The summed E-state index contributed by atoms with van der Waals surface area (Å²) in [6.07, 6.45) is 9.42. The van der Waals surface area contributed by atoms with E-state index in [9.17, 15) is 0 Å². The van der Waals surface area contributed by atoms with E-state index >= 15 is 0 Å². The van der Waals surface area contributed by atoms with E-state index in [-0.39, 0.29) is 0 Å². The third-order valence-corrected chi connectivity index (χ3v) is 5.45. The predicted octanol–water partition coefficient (Wildman–Crippen LogP) is 2.70. The molecule has 4 heterocycles. The van der Waals surface area contributed by atoms with E-state index in [4.69, 9.17) is 0 Å². The van der Waals surface area contributed by atoms with Crippen LogP contribution in [-0.2, 0) is 13.0 Å². The molecule has 1 aliphatic heterocycles. The average Bonchev–Trinajstić information content (AvgIpc) is 3.33. The zero-order chi connectivity index (χ0) is 16.4. The van der Waals surface area contributed by atoms with Crippen molar-refractivity contribution in [2.75, 3.05) is 13.1 Å². The Bertz CT molecular complexity index is 780. The molecule has 0 amide bonds. The number of aryl methyl sites for hydroxylation is 1. The van der Waals surface area contributed by atoms with E-state index in [0.717, 1.165) is 43.3 Å². The number of imidazole rings is 1. The van der Waals surface area contributed by atoms with E-state index in [2.05, 4.69) is 36.7 Å². The van der Waals surface area contributed by atoms with Gasteiger partial charge in [-0.15, -0.1) is 11.3 Å². The van der Waals surface area contributed by atoms with Crippen LogP contribution >= 0.6 is 11.3 Å². The summed E-state index contributed by atoms with van der Waals surface area (Å²) < 4.78 is 0. The van der Waals surface area contributed by atoms with Crippen molar-refractivity contribution in [1.29, 1.82) is 0 Å². The maximum absolute atomic E-state index is 4.56. The van der Waals surface area contributed by atoms with Gasteiger partial charge in [-0.05, 0) is 32.2 Å². The zero-order valence-corrected chi connectivity index (χ0v) is 14.5. The molecule has 24 heavy (non-hydrogen) atoms. The van der Waals surface area contributed by atoms with Crippen LogP contribution in [0.15, 0.2) is 30.3 Å². The fourth-order valence-corrected chi connectivity index (χ4v) is 4.01. The van der Waals surface area contributed by atoms with E-state index < -0.39 is 0 Å².